The van der Waals surface area contributed by atoms with E-state index in [1.54, 1.807) is 0 Å². The Balaban J connectivity index is 1.62. The minimum absolute atomic E-state index is 0.664. The van der Waals surface area contributed by atoms with Gasteiger partial charge in [-0.05, 0) is 41.8 Å². The van der Waals surface area contributed by atoms with E-state index in [1.807, 2.05) is 18.2 Å². The first-order chi connectivity index (χ1) is 13.4. The third-order valence-electron chi connectivity index (χ3n) is 4.51. The number of fused-ring (bicyclic) bond motifs is 6. The van der Waals surface area contributed by atoms with Gasteiger partial charge in [0.05, 0.1) is 12.3 Å². The minimum Gasteiger partial charge on any atom is -0.493 e. The van der Waals surface area contributed by atoms with Gasteiger partial charge in [-0.25, -0.2) is 4.99 Å². The Morgan fingerprint density at radius 3 is 2.96 bits per heavy atom. The van der Waals surface area contributed by atoms with Crippen LogP contribution < -0.4 is 15.4 Å². The average Bonchev–Trinajstić information content (AvgIpc) is 2.70. The zero-order valence-electron chi connectivity index (χ0n) is 15.3. The van der Waals surface area contributed by atoms with Crippen LogP contribution in [0.25, 0.3) is 0 Å². The van der Waals surface area contributed by atoms with Crippen LogP contribution in [0.1, 0.15) is 24.0 Å². The summed E-state index contributed by atoms with van der Waals surface area (Å²) in [6.45, 7) is 3.07. The second-order valence-electron chi connectivity index (χ2n) is 6.61. The summed E-state index contributed by atoms with van der Waals surface area (Å²) >= 11 is 0. The second-order valence-corrected chi connectivity index (χ2v) is 6.61. The van der Waals surface area contributed by atoms with Crippen molar-refractivity contribution in [2.45, 2.75) is 19.4 Å². The van der Waals surface area contributed by atoms with Gasteiger partial charge in [-0.2, -0.15) is 0 Å². The maximum atomic E-state index is 5.89. The fraction of sp³-hybridized carbons (Fsp3) is 0.273. The van der Waals surface area contributed by atoms with Gasteiger partial charge in [-0.15, -0.1) is 0 Å². The fourth-order valence-electron chi connectivity index (χ4n) is 3.16. The molecule has 0 radical (unpaired) electrons. The third-order valence-corrected chi connectivity index (χ3v) is 4.51. The lowest BCUT2D eigenvalue weighted by molar-refractivity contribution is 0.325. The molecule has 0 atom stereocenters. The van der Waals surface area contributed by atoms with E-state index >= 15 is 0 Å². The Hall–Kier alpha value is -2.92. The van der Waals surface area contributed by atoms with Crippen molar-refractivity contribution in [3.63, 3.8) is 0 Å². The number of guanidine groups is 1. The molecular formula is C22H24N4O. The fourth-order valence-corrected chi connectivity index (χ4v) is 3.16. The van der Waals surface area contributed by atoms with Crippen molar-refractivity contribution in [1.82, 2.24) is 5.32 Å². The Kier molecular flexibility index (Phi) is 5.60. The van der Waals surface area contributed by atoms with Crippen LogP contribution in [0.15, 0.2) is 70.7 Å². The third kappa shape index (κ3) is 4.83. The Bertz CT molecular complexity index is 885. The number of anilines is 1. The lowest BCUT2D eigenvalue weighted by Gasteiger charge is -2.15. The van der Waals surface area contributed by atoms with Crippen LogP contribution in [-0.2, 0) is 6.54 Å². The summed E-state index contributed by atoms with van der Waals surface area (Å²) in [6.07, 6.45) is 6.04. The van der Waals surface area contributed by atoms with Gasteiger partial charge in [0.2, 0.25) is 5.96 Å². The smallest absolute Gasteiger partial charge is 0.222 e. The molecule has 0 unspecified atom stereocenters. The number of rotatable bonds is 0. The maximum Gasteiger partial charge on any atom is 0.222 e. The molecule has 2 aliphatic heterocycles. The quantitative estimate of drug-likeness (QED) is 0.703. The predicted molar refractivity (Wildman–Crippen MR) is 111 cm³/mol. The zero-order chi connectivity index (χ0) is 18.3. The van der Waals surface area contributed by atoms with Crippen LogP contribution >= 0.6 is 0 Å². The summed E-state index contributed by atoms with van der Waals surface area (Å²) in [5, 5.41) is 6.79. The summed E-state index contributed by atoms with van der Waals surface area (Å²) < 4.78 is 5.89. The van der Waals surface area contributed by atoms with Crippen LogP contribution in [0.3, 0.4) is 0 Å². The molecule has 2 aliphatic rings. The number of nitrogens with zero attached hydrogens (tertiary/aromatic N) is 2. The van der Waals surface area contributed by atoms with Crippen molar-refractivity contribution >= 4 is 17.4 Å². The second kappa shape index (κ2) is 8.64. The summed E-state index contributed by atoms with van der Waals surface area (Å²) in [4.78, 5) is 9.28. The Labute approximate surface area is 159 Å². The topological polar surface area (TPSA) is 58.0 Å². The minimum atomic E-state index is 0.664. The van der Waals surface area contributed by atoms with Gasteiger partial charge >= 0.3 is 0 Å². The van der Waals surface area contributed by atoms with Gasteiger partial charge in [0, 0.05) is 31.7 Å². The molecule has 2 aromatic rings. The maximum absolute atomic E-state index is 5.89. The Morgan fingerprint density at radius 2 is 1.96 bits per heavy atom. The van der Waals surface area contributed by atoms with Crippen LogP contribution in [0.2, 0.25) is 0 Å². The normalized spacial score (nSPS) is 18.7. The molecule has 4 rings (SSSR count). The summed E-state index contributed by atoms with van der Waals surface area (Å²) in [5.74, 6) is 1.55. The zero-order valence-corrected chi connectivity index (χ0v) is 15.3. The average molecular weight is 360 g/mol. The van der Waals surface area contributed by atoms with E-state index in [1.165, 1.54) is 5.56 Å². The first-order valence-electron chi connectivity index (χ1n) is 9.44. The van der Waals surface area contributed by atoms with Gasteiger partial charge < -0.3 is 15.4 Å². The molecule has 2 N–H and O–H groups in total. The van der Waals surface area contributed by atoms with E-state index in [0.29, 0.717) is 12.6 Å². The molecule has 0 aliphatic carbocycles. The Morgan fingerprint density at radius 1 is 1.00 bits per heavy atom. The SMILES string of the molecule is C1=C\CNCc2cccc(c2)NC2=NCCC(=N2)c2cccc(c2)OCC/1. The number of aliphatic imine (C=N–C) groups is 2. The number of hydrogen-bond donors (Lipinski definition) is 2. The van der Waals surface area contributed by atoms with Crippen molar-refractivity contribution in [3.05, 3.63) is 71.8 Å². The number of nitrogens with one attached hydrogen (secondary N) is 2. The van der Waals surface area contributed by atoms with Crippen LogP contribution in [0.4, 0.5) is 5.69 Å². The van der Waals surface area contributed by atoms with E-state index in [2.05, 4.69) is 58.1 Å². The van der Waals surface area contributed by atoms with Gasteiger partial charge in [0.15, 0.2) is 0 Å². The molecule has 27 heavy (non-hydrogen) atoms. The number of ether oxygens (including phenoxy) is 1. The van der Waals surface area contributed by atoms with Gasteiger partial charge in [0.1, 0.15) is 5.75 Å². The first kappa shape index (κ1) is 17.5. The van der Waals surface area contributed by atoms with Crippen molar-refractivity contribution < 1.29 is 4.74 Å². The van der Waals surface area contributed by atoms with E-state index in [0.717, 1.165) is 55.2 Å². The lowest BCUT2D eigenvalue weighted by atomic mass is 10.1. The summed E-state index contributed by atoms with van der Waals surface area (Å²) in [5.41, 5.74) is 4.37. The highest BCUT2D eigenvalue weighted by Gasteiger charge is 2.12. The first-order valence-corrected chi connectivity index (χ1v) is 9.44. The molecule has 6 bridgehead atoms. The molecule has 0 spiro atoms. The standard InChI is InChI=1S/C22H24N4O/c1-2-11-23-16-17-6-4-8-19(14-17)25-22-24-12-10-21(26-22)18-7-5-9-20(15-18)27-13-3-1/h1-2,4-9,14-15,23H,3,10-13,16H2,(H,24,25)/b2-1-. The van der Waals surface area contributed by atoms with Crippen molar-refractivity contribution in [3.8, 4) is 5.75 Å². The number of hydrogen-bond acceptors (Lipinski definition) is 5. The van der Waals surface area contributed by atoms with Crippen LogP contribution in [0, 0.1) is 0 Å². The molecule has 138 valence electrons. The van der Waals surface area contributed by atoms with Gasteiger partial charge in [-0.3, -0.25) is 4.99 Å². The molecule has 0 amide bonds. The molecule has 2 heterocycles. The van der Waals surface area contributed by atoms with Gasteiger partial charge in [0.25, 0.3) is 0 Å². The highest BCUT2D eigenvalue weighted by molar-refractivity contribution is 6.11. The largest absolute Gasteiger partial charge is 0.493 e. The molecule has 0 saturated carbocycles. The highest BCUT2D eigenvalue weighted by atomic mass is 16.5. The van der Waals surface area contributed by atoms with E-state index in [9.17, 15) is 0 Å². The van der Waals surface area contributed by atoms with Crippen LogP contribution in [0.5, 0.6) is 5.75 Å². The molecule has 0 aromatic heterocycles. The molecule has 5 nitrogen and oxygen atoms in total. The summed E-state index contributed by atoms with van der Waals surface area (Å²) in [7, 11) is 0. The van der Waals surface area contributed by atoms with E-state index in [-0.39, 0.29) is 0 Å². The van der Waals surface area contributed by atoms with Crippen molar-refractivity contribution in [2.24, 2.45) is 9.98 Å². The predicted octanol–water partition coefficient (Wildman–Crippen LogP) is 3.78. The van der Waals surface area contributed by atoms with E-state index in [4.69, 9.17) is 9.73 Å². The van der Waals surface area contributed by atoms with Gasteiger partial charge in [-0.1, -0.05) is 36.4 Å². The molecule has 0 saturated heterocycles. The molecular weight excluding hydrogens is 336 g/mol. The lowest BCUT2D eigenvalue weighted by Crippen LogP contribution is -2.19. The van der Waals surface area contributed by atoms with Crippen LogP contribution in [-0.4, -0.2) is 31.4 Å². The van der Waals surface area contributed by atoms with E-state index < -0.39 is 0 Å². The monoisotopic (exact) mass is 360 g/mol. The highest BCUT2D eigenvalue weighted by Crippen LogP contribution is 2.18. The number of benzene rings is 2. The molecule has 5 heteroatoms. The van der Waals surface area contributed by atoms with Crippen molar-refractivity contribution in [1.29, 1.82) is 0 Å². The molecule has 2 aromatic carbocycles. The van der Waals surface area contributed by atoms with Crippen molar-refractivity contribution in [2.75, 3.05) is 25.0 Å². The summed E-state index contributed by atoms with van der Waals surface area (Å²) in [6, 6.07) is 16.5. The molecule has 0 fully saturated rings.